The summed E-state index contributed by atoms with van der Waals surface area (Å²) < 4.78 is 5.30. The van der Waals surface area contributed by atoms with Crippen LogP contribution >= 0.6 is 0 Å². The van der Waals surface area contributed by atoms with Gasteiger partial charge in [-0.05, 0) is 42.0 Å². The number of fused-ring (bicyclic) bond motifs is 1. The van der Waals surface area contributed by atoms with Crippen LogP contribution in [0.1, 0.15) is 30.0 Å². The maximum absolute atomic E-state index is 8.50. The molecule has 0 bridgehead atoms. The summed E-state index contributed by atoms with van der Waals surface area (Å²) in [5.74, 6) is 0.908. The maximum Gasteiger partial charge on any atom is 0.122 e. The van der Waals surface area contributed by atoms with E-state index < -0.39 is 0 Å². The van der Waals surface area contributed by atoms with Crippen LogP contribution < -0.4 is 4.74 Å². The molecule has 1 unspecified atom stereocenters. The number of methoxy groups -OCH3 is 1. The number of ether oxygens (including phenoxy) is 1. The van der Waals surface area contributed by atoms with Crippen LogP contribution in [0, 0.1) is 0 Å². The number of hydrogen-bond donors (Lipinski definition) is 0. The Labute approximate surface area is 88.5 Å². The van der Waals surface area contributed by atoms with Crippen LogP contribution in [-0.4, -0.2) is 7.11 Å². The van der Waals surface area contributed by atoms with E-state index >= 15 is 0 Å². The molecule has 1 aromatic carbocycles. The van der Waals surface area contributed by atoms with E-state index in [0.717, 1.165) is 30.6 Å². The van der Waals surface area contributed by atoms with Gasteiger partial charge < -0.3 is 4.74 Å². The zero-order chi connectivity index (χ0) is 10.7. The average molecular weight is 203 g/mol. The molecule has 4 nitrogen and oxygen atoms in total. The molecular weight excluding hydrogens is 190 g/mol. The minimum Gasteiger partial charge on any atom is -0.496 e. The number of rotatable bonds is 2. The lowest BCUT2D eigenvalue weighted by molar-refractivity contribution is 0.403. The molecule has 0 fully saturated rings. The second-order valence-electron chi connectivity index (χ2n) is 3.64. The van der Waals surface area contributed by atoms with Crippen molar-refractivity contribution in [2.75, 3.05) is 7.11 Å². The van der Waals surface area contributed by atoms with Crippen molar-refractivity contribution in [3.8, 4) is 5.75 Å². The van der Waals surface area contributed by atoms with E-state index in [2.05, 4.69) is 10.0 Å². The molecule has 1 aliphatic rings. The molecule has 1 aliphatic carbocycles. The predicted octanol–water partition coefficient (Wildman–Crippen LogP) is 3.38. The molecule has 1 atom stereocenters. The molecule has 78 valence electrons. The lowest BCUT2D eigenvalue weighted by Gasteiger charge is -2.23. The minimum absolute atomic E-state index is 0.0196. The van der Waals surface area contributed by atoms with E-state index in [4.69, 9.17) is 10.3 Å². The number of nitrogens with zero attached hydrogens (tertiary/aromatic N) is 3. The average Bonchev–Trinajstić information content (AvgIpc) is 2.29. The molecule has 0 aliphatic heterocycles. The zero-order valence-corrected chi connectivity index (χ0v) is 8.68. The van der Waals surface area contributed by atoms with Gasteiger partial charge in [-0.3, -0.25) is 0 Å². The van der Waals surface area contributed by atoms with Crippen molar-refractivity contribution in [3.05, 3.63) is 39.8 Å². The van der Waals surface area contributed by atoms with E-state index in [1.807, 2.05) is 18.2 Å². The molecule has 0 spiro atoms. The minimum atomic E-state index is -0.0196. The molecule has 4 heteroatoms. The molecule has 0 aromatic heterocycles. The topological polar surface area (TPSA) is 58.0 Å². The second-order valence-corrected chi connectivity index (χ2v) is 3.64. The highest BCUT2D eigenvalue weighted by Crippen LogP contribution is 2.37. The summed E-state index contributed by atoms with van der Waals surface area (Å²) in [5, 5.41) is 3.83. The summed E-state index contributed by atoms with van der Waals surface area (Å²) in [6.45, 7) is 0. The van der Waals surface area contributed by atoms with Gasteiger partial charge in [0.25, 0.3) is 0 Å². The first-order valence-corrected chi connectivity index (χ1v) is 5.07. The Hall–Kier alpha value is -1.67. The van der Waals surface area contributed by atoms with E-state index in [1.54, 1.807) is 7.11 Å². The van der Waals surface area contributed by atoms with Gasteiger partial charge in [-0.1, -0.05) is 17.2 Å². The highest BCUT2D eigenvalue weighted by molar-refractivity contribution is 5.43. The van der Waals surface area contributed by atoms with Crippen molar-refractivity contribution in [3.63, 3.8) is 0 Å². The molecule has 2 rings (SSSR count). The molecule has 1 aromatic rings. The van der Waals surface area contributed by atoms with Gasteiger partial charge in [-0.2, -0.15) is 0 Å². The third kappa shape index (κ3) is 1.76. The predicted molar refractivity (Wildman–Crippen MR) is 57.8 cm³/mol. The Balaban J connectivity index is 2.48. The summed E-state index contributed by atoms with van der Waals surface area (Å²) in [6, 6.07) is 5.91. The Bertz CT molecular complexity index is 410. The van der Waals surface area contributed by atoms with Crippen LogP contribution in [0.15, 0.2) is 23.3 Å². The third-order valence-electron chi connectivity index (χ3n) is 2.84. The van der Waals surface area contributed by atoms with E-state index in [1.165, 1.54) is 5.56 Å². The normalized spacial score (nSPS) is 18.9. The second kappa shape index (κ2) is 4.24. The van der Waals surface area contributed by atoms with Gasteiger partial charge in [-0.15, -0.1) is 0 Å². The largest absolute Gasteiger partial charge is 0.496 e. The summed E-state index contributed by atoms with van der Waals surface area (Å²) >= 11 is 0. The van der Waals surface area contributed by atoms with Gasteiger partial charge in [0.1, 0.15) is 5.75 Å². The van der Waals surface area contributed by atoms with Gasteiger partial charge in [0.15, 0.2) is 0 Å². The smallest absolute Gasteiger partial charge is 0.122 e. The van der Waals surface area contributed by atoms with Crippen LogP contribution in [-0.2, 0) is 6.42 Å². The highest BCUT2D eigenvalue weighted by atomic mass is 16.5. The van der Waals surface area contributed by atoms with Gasteiger partial charge in [-0.25, -0.2) is 0 Å². The Morgan fingerprint density at radius 3 is 3.13 bits per heavy atom. The summed E-state index contributed by atoms with van der Waals surface area (Å²) in [4.78, 5) is 2.90. The molecule has 0 saturated heterocycles. The molecule has 15 heavy (non-hydrogen) atoms. The fourth-order valence-corrected chi connectivity index (χ4v) is 2.16. The molecule has 0 amide bonds. The maximum atomic E-state index is 8.50. The molecule has 0 N–H and O–H groups in total. The first kappa shape index (κ1) is 9.87. The third-order valence-corrected chi connectivity index (χ3v) is 2.84. The molecule has 0 heterocycles. The number of benzene rings is 1. The Morgan fingerprint density at radius 1 is 1.53 bits per heavy atom. The number of azide groups is 1. The van der Waals surface area contributed by atoms with E-state index in [9.17, 15) is 0 Å². The van der Waals surface area contributed by atoms with Crippen LogP contribution in [0.5, 0.6) is 5.75 Å². The van der Waals surface area contributed by atoms with Crippen LogP contribution in [0.4, 0.5) is 0 Å². The quantitative estimate of drug-likeness (QED) is 0.413. The zero-order valence-electron chi connectivity index (χ0n) is 8.68. The van der Waals surface area contributed by atoms with Crippen LogP contribution in [0.2, 0.25) is 0 Å². The van der Waals surface area contributed by atoms with Crippen molar-refractivity contribution < 1.29 is 4.74 Å². The van der Waals surface area contributed by atoms with Crippen LogP contribution in [0.25, 0.3) is 10.4 Å². The monoisotopic (exact) mass is 203 g/mol. The first-order valence-electron chi connectivity index (χ1n) is 5.07. The molecule has 0 radical (unpaired) electrons. The van der Waals surface area contributed by atoms with Crippen molar-refractivity contribution in [1.29, 1.82) is 0 Å². The van der Waals surface area contributed by atoms with E-state index in [-0.39, 0.29) is 6.04 Å². The number of hydrogen-bond acceptors (Lipinski definition) is 2. The highest BCUT2D eigenvalue weighted by Gasteiger charge is 2.21. The summed E-state index contributed by atoms with van der Waals surface area (Å²) in [6.07, 6.45) is 3.00. The van der Waals surface area contributed by atoms with E-state index in [0.29, 0.717) is 0 Å². The standard InChI is InChI=1S/C11H13N3O/c1-15-11-7-3-4-8-9(11)5-2-6-10(8)13-14-12/h3-4,7,10H,2,5-6H2,1H3. The molecular formula is C11H13N3O. The Morgan fingerprint density at radius 2 is 2.40 bits per heavy atom. The van der Waals surface area contributed by atoms with Gasteiger partial charge in [0.05, 0.1) is 13.2 Å². The summed E-state index contributed by atoms with van der Waals surface area (Å²) in [7, 11) is 1.67. The van der Waals surface area contributed by atoms with Gasteiger partial charge in [0.2, 0.25) is 0 Å². The summed E-state index contributed by atoms with van der Waals surface area (Å²) in [5.41, 5.74) is 10.8. The van der Waals surface area contributed by atoms with Gasteiger partial charge in [0, 0.05) is 4.91 Å². The van der Waals surface area contributed by atoms with Crippen molar-refractivity contribution in [2.45, 2.75) is 25.3 Å². The SMILES string of the molecule is COc1cccc2c1CCCC2N=[N+]=[N-]. The fraction of sp³-hybridized carbons (Fsp3) is 0.455. The van der Waals surface area contributed by atoms with Crippen molar-refractivity contribution >= 4 is 0 Å². The fourth-order valence-electron chi connectivity index (χ4n) is 2.16. The lowest BCUT2D eigenvalue weighted by atomic mass is 9.87. The first-order chi connectivity index (χ1) is 7.36. The van der Waals surface area contributed by atoms with Crippen molar-refractivity contribution in [1.82, 2.24) is 0 Å². The van der Waals surface area contributed by atoms with Crippen molar-refractivity contribution in [2.24, 2.45) is 5.11 Å². The van der Waals surface area contributed by atoms with Gasteiger partial charge >= 0.3 is 0 Å². The molecule has 0 saturated carbocycles. The lowest BCUT2D eigenvalue weighted by Crippen LogP contribution is -2.08. The van der Waals surface area contributed by atoms with Crippen LogP contribution in [0.3, 0.4) is 0 Å². The Kier molecular flexibility index (Phi) is 2.79.